The molecule has 0 amide bonds. The topological polar surface area (TPSA) is 64.5 Å². The molecule has 0 bridgehead atoms. The van der Waals surface area contributed by atoms with Crippen molar-refractivity contribution >= 4 is 29.2 Å². The molecule has 0 saturated carbocycles. The van der Waals surface area contributed by atoms with E-state index in [-0.39, 0.29) is 12.4 Å². The van der Waals surface area contributed by atoms with Gasteiger partial charge in [0.2, 0.25) is 0 Å². The normalized spacial score (nSPS) is 12.5. The molecule has 2 aromatic rings. The van der Waals surface area contributed by atoms with Crippen LogP contribution in [0.4, 0.5) is 11.5 Å². The van der Waals surface area contributed by atoms with Crippen LogP contribution in [0, 0.1) is 0 Å². The van der Waals surface area contributed by atoms with Gasteiger partial charge in [0.05, 0.1) is 19.2 Å². The quantitative estimate of drug-likeness (QED) is 0.802. The lowest BCUT2D eigenvalue weighted by Gasteiger charge is -2.30. The number of aromatic nitrogens is 2. The molecule has 1 aliphatic heterocycles. The fraction of sp³-hybridized carbons (Fsp3) is 0.267. The lowest BCUT2D eigenvalue weighted by molar-refractivity contribution is -0.139. The summed E-state index contributed by atoms with van der Waals surface area (Å²) in [5.41, 5.74) is 1.85. The van der Waals surface area contributed by atoms with Gasteiger partial charge in [-0.05, 0) is 17.7 Å². The second-order valence-electron chi connectivity index (χ2n) is 4.69. The van der Waals surface area contributed by atoms with Crippen molar-refractivity contribution in [2.75, 3.05) is 25.9 Å². The van der Waals surface area contributed by atoms with Gasteiger partial charge in [-0.1, -0.05) is 17.8 Å². The molecule has 0 spiro atoms. The van der Waals surface area contributed by atoms with E-state index in [0.717, 1.165) is 27.0 Å². The van der Waals surface area contributed by atoms with Crippen LogP contribution in [0.5, 0.6) is 0 Å². The maximum absolute atomic E-state index is 11.5. The molecule has 7 heteroatoms. The summed E-state index contributed by atoms with van der Waals surface area (Å²) in [6.45, 7) is 0.362. The molecule has 0 fully saturated rings. The fourth-order valence-electron chi connectivity index (χ4n) is 2.26. The average Bonchev–Trinajstić information content (AvgIpc) is 2.55. The van der Waals surface area contributed by atoms with E-state index in [2.05, 4.69) is 9.97 Å². The van der Waals surface area contributed by atoms with Crippen LogP contribution >= 0.6 is 11.8 Å². The minimum absolute atomic E-state index is 0.239. The second kappa shape index (κ2) is 6.33. The average molecular weight is 317 g/mol. The summed E-state index contributed by atoms with van der Waals surface area (Å²) >= 11 is 1.56. The highest BCUT2D eigenvalue weighted by Gasteiger charge is 2.25. The largest absolute Gasteiger partial charge is 0.469 e. The number of anilines is 2. The SMILES string of the molecule is COCN1c2cc(CC(=O)OC)ccc2Sc2nccnc21. The fourth-order valence-corrected chi connectivity index (χ4v) is 3.25. The Bertz CT molecular complexity index is 708. The minimum Gasteiger partial charge on any atom is -0.469 e. The maximum Gasteiger partial charge on any atom is 0.309 e. The molecule has 0 N–H and O–H groups in total. The molecule has 3 rings (SSSR count). The van der Waals surface area contributed by atoms with Crippen LogP contribution in [0.2, 0.25) is 0 Å². The first-order valence-electron chi connectivity index (χ1n) is 6.68. The lowest BCUT2D eigenvalue weighted by atomic mass is 10.1. The van der Waals surface area contributed by atoms with Crippen molar-refractivity contribution < 1.29 is 14.3 Å². The monoisotopic (exact) mass is 317 g/mol. The molecular weight excluding hydrogens is 302 g/mol. The maximum atomic E-state index is 11.5. The Morgan fingerprint density at radius 1 is 1.27 bits per heavy atom. The number of esters is 1. The van der Waals surface area contributed by atoms with Crippen molar-refractivity contribution in [3.63, 3.8) is 0 Å². The summed E-state index contributed by atoms with van der Waals surface area (Å²) in [5, 5.41) is 0.841. The van der Waals surface area contributed by atoms with Crippen molar-refractivity contribution in [2.24, 2.45) is 0 Å². The summed E-state index contributed by atoms with van der Waals surface area (Å²) in [5.74, 6) is 0.499. The van der Waals surface area contributed by atoms with E-state index in [1.54, 1.807) is 31.3 Å². The number of carbonyl (C=O) groups is 1. The van der Waals surface area contributed by atoms with E-state index < -0.39 is 0 Å². The van der Waals surface area contributed by atoms with E-state index in [9.17, 15) is 4.79 Å². The third-order valence-electron chi connectivity index (χ3n) is 3.26. The van der Waals surface area contributed by atoms with Crippen molar-refractivity contribution in [2.45, 2.75) is 16.3 Å². The van der Waals surface area contributed by atoms with Gasteiger partial charge in [0.25, 0.3) is 0 Å². The highest BCUT2D eigenvalue weighted by atomic mass is 32.2. The van der Waals surface area contributed by atoms with Crippen molar-refractivity contribution in [1.29, 1.82) is 0 Å². The van der Waals surface area contributed by atoms with E-state index in [1.165, 1.54) is 7.11 Å². The van der Waals surface area contributed by atoms with Crippen LogP contribution in [0.3, 0.4) is 0 Å². The Morgan fingerprint density at radius 2 is 2.09 bits per heavy atom. The third-order valence-corrected chi connectivity index (χ3v) is 4.30. The molecule has 0 aliphatic carbocycles. The summed E-state index contributed by atoms with van der Waals surface area (Å²) in [4.78, 5) is 23.2. The molecule has 0 unspecified atom stereocenters. The summed E-state index contributed by atoms with van der Waals surface area (Å²) < 4.78 is 10.0. The zero-order valence-corrected chi connectivity index (χ0v) is 13.1. The molecule has 0 saturated heterocycles. The molecule has 0 atom stereocenters. The van der Waals surface area contributed by atoms with Gasteiger partial charge in [0.1, 0.15) is 11.8 Å². The molecule has 1 aliphatic rings. The van der Waals surface area contributed by atoms with E-state index in [4.69, 9.17) is 9.47 Å². The predicted octanol–water partition coefficient (Wildman–Crippen LogP) is 2.40. The van der Waals surface area contributed by atoms with Crippen LogP contribution in [0.15, 0.2) is 40.5 Å². The molecule has 6 nitrogen and oxygen atoms in total. The van der Waals surface area contributed by atoms with E-state index in [1.807, 2.05) is 23.1 Å². The lowest BCUT2D eigenvalue weighted by Crippen LogP contribution is -2.24. The zero-order chi connectivity index (χ0) is 15.5. The first-order valence-corrected chi connectivity index (χ1v) is 7.49. The highest BCUT2D eigenvalue weighted by Crippen LogP contribution is 2.46. The van der Waals surface area contributed by atoms with E-state index in [0.29, 0.717) is 6.73 Å². The number of rotatable bonds is 4. The van der Waals surface area contributed by atoms with Gasteiger partial charge in [-0.3, -0.25) is 9.69 Å². The summed E-state index contributed by atoms with van der Waals surface area (Å²) in [7, 11) is 3.02. The van der Waals surface area contributed by atoms with Gasteiger partial charge in [0, 0.05) is 24.4 Å². The first kappa shape index (κ1) is 14.8. The number of hydrogen-bond acceptors (Lipinski definition) is 7. The number of carbonyl (C=O) groups excluding carboxylic acids is 1. The van der Waals surface area contributed by atoms with Gasteiger partial charge >= 0.3 is 5.97 Å². The summed E-state index contributed by atoms with van der Waals surface area (Å²) in [6, 6.07) is 5.88. The third kappa shape index (κ3) is 2.77. The number of nitrogens with zero attached hydrogens (tertiary/aromatic N) is 3. The predicted molar refractivity (Wildman–Crippen MR) is 82.3 cm³/mol. The molecule has 1 aromatic carbocycles. The van der Waals surface area contributed by atoms with Crippen LogP contribution in [0.1, 0.15) is 5.56 Å². The van der Waals surface area contributed by atoms with Crippen molar-refractivity contribution in [3.8, 4) is 0 Å². The first-order chi connectivity index (χ1) is 10.7. The number of benzene rings is 1. The molecule has 0 radical (unpaired) electrons. The molecule has 114 valence electrons. The van der Waals surface area contributed by atoms with Gasteiger partial charge in [0.15, 0.2) is 5.82 Å². The zero-order valence-electron chi connectivity index (χ0n) is 12.3. The highest BCUT2D eigenvalue weighted by molar-refractivity contribution is 7.99. The van der Waals surface area contributed by atoms with Crippen molar-refractivity contribution in [1.82, 2.24) is 9.97 Å². The van der Waals surface area contributed by atoms with Gasteiger partial charge in [-0.15, -0.1) is 0 Å². The van der Waals surface area contributed by atoms with Crippen molar-refractivity contribution in [3.05, 3.63) is 36.2 Å². The van der Waals surface area contributed by atoms with Gasteiger partial charge in [-0.2, -0.15) is 0 Å². The Balaban J connectivity index is 2.01. The standard InChI is InChI=1S/C15H15N3O3S/c1-20-9-18-11-7-10(8-13(19)21-2)3-4-12(11)22-15-14(18)16-5-6-17-15/h3-7H,8-9H2,1-2H3. The summed E-state index contributed by atoms with van der Waals surface area (Å²) in [6.07, 6.45) is 3.57. The number of hydrogen-bond donors (Lipinski definition) is 0. The number of fused-ring (bicyclic) bond motifs is 2. The smallest absolute Gasteiger partial charge is 0.309 e. The number of methoxy groups -OCH3 is 2. The second-order valence-corrected chi connectivity index (χ2v) is 5.72. The molecule has 22 heavy (non-hydrogen) atoms. The van der Waals surface area contributed by atoms with Crippen LogP contribution in [-0.4, -0.2) is 36.9 Å². The number of ether oxygens (including phenoxy) is 2. The van der Waals surface area contributed by atoms with E-state index >= 15 is 0 Å². The Morgan fingerprint density at radius 3 is 2.86 bits per heavy atom. The van der Waals surface area contributed by atoms with Gasteiger partial charge < -0.3 is 9.47 Å². The van der Waals surface area contributed by atoms with Crippen LogP contribution in [0.25, 0.3) is 0 Å². The molecular formula is C15H15N3O3S. The minimum atomic E-state index is -0.262. The van der Waals surface area contributed by atoms with Gasteiger partial charge in [-0.25, -0.2) is 9.97 Å². The molecule has 1 aromatic heterocycles. The Hall–Kier alpha value is -2.12. The van der Waals surface area contributed by atoms with Crippen LogP contribution < -0.4 is 4.90 Å². The Labute approximate surface area is 132 Å². The Kier molecular flexibility index (Phi) is 4.26. The van der Waals surface area contributed by atoms with Crippen LogP contribution in [-0.2, 0) is 20.7 Å². The molecule has 2 heterocycles.